The van der Waals surface area contributed by atoms with Crippen LogP contribution in [0.4, 0.5) is 0 Å². The van der Waals surface area contributed by atoms with Crippen LogP contribution in [-0.2, 0) is 0 Å². The molecule has 0 radical (unpaired) electrons. The fourth-order valence-corrected chi connectivity index (χ4v) is 1.60. The minimum absolute atomic E-state index is 0.0159. The van der Waals surface area contributed by atoms with Gasteiger partial charge in [-0.1, -0.05) is 42.2 Å². The lowest BCUT2D eigenvalue weighted by Gasteiger charge is -1.94. The maximum absolute atomic E-state index is 8.53. The van der Waals surface area contributed by atoms with Crippen molar-refractivity contribution in [3.8, 4) is 11.8 Å². The van der Waals surface area contributed by atoms with Gasteiger partial charge in [0.05, 0.1) is 0 Å². The first-order valence-electron chi connectivity index (χ1n) is 4.56. The van der Waals surface area contributed by atoms with Crippen LogP contribution < -0.4 is 0 Å². The minimum atomic E-state index is -0.0159. The van der Waals surface area contributed by atoms with Crippen molar-refractivity contribution in [2.45, 2.75) is 12.3 Å². The molecule has 0 aliphatic heterocycles. The molecule has 2 atom stereocenters. The van der Waals surface area contributed by atoms with Crippen LogP contribution in [0.2, 0.25) is 0 Å². The van der Waals surface area contributed by atoms with Crippen LogP contribution in [0, 0.1) is 17.8 Å². The zero-order chi connectivity index (χ0) is 9.10. The molecule has 1 saturated carbocycles. The van der Waals surface area contributed by atoms with E-state index in [1.54, 1.807) is 0 Å². The third-order valence-corrected chi connectivity index (χ3v) is 2.38. The molecule has 0 heterocycles. The second-order valence-electron chi connectivity index (χ2n) is 3.34. The molecule has 1 nitrogen and oxygen atoms in total. The van der Waals surface area contributed by atoms with E-state index in [1.807, 2.05) is 6.07 Å². The van der Waals surface area contributed by atoms with Gasteiger partial charge in [0.25, 0.3) is 0 Å². The molecule has 2 rings (SSSR count). The van der Waals surface area contributed by atoms with E-state index >= 15 is 0 Å². The predicted molar refractivity (Wildman–Crippen MR) is 52.2 cm³/mol. The van der Waals surface area contributed by atoms with Crippen molar-refractivity contribution in [2.75, 3.05) is 6.61 Å². The highest BCUT2D eigenvalue weighted by Crippen LogP contribution is 2.46. The van der Waals surface area contributed by atoms with Crippen LogP contribution in [0.25, 0.3) is 0 Å². The Labute approximate surface area is 78.4 Å². The van der Waals surface area contributed by atoms with Crippen LogP contribution >= 0.6 is 0 Å². The fourth-order valence-electron chi connectivity index (χ4n) is 1.60. The second-order valence-corrected chi connectivity index (χ2v) is 3.34. The predicted octanol–water partition coefficient (Wildman–Crippen LogP) is 1.79. The van der Waals surface area contributed by atoms with Gasteiger partial charge in [0.1, 0.15) is 6.61 Å². The maximum atomic E-state index is 8.53. The van der Waals surface area contributed by atoms with Crippen LogP contribution in [0.1, 0.15) is 17.9 Å². The molecule has 1 aromatic carbocycles. The Morgan fingerprint density at radius 1 is 1.31 bits per heavy atom. The molecule has 2 unspecified atom stereocenters. The van der Waals surface area contributed by atoms with Crippen molar-refractivity contribution in [3.05, 3.63) is 35.9 Å². The SMILES string of the molecule is OCC#CC1CC1c1ccccc1. The summed E-state index contributed by atoms with van der Waals surface area (Å²) in [6, 6.07) is 10.4. The quantitative estimate of drug-likeness (QED) is 0.640. The van der Waals surface area contributed by atoms with Crippen LogP contribution in [0.15, 0.2) is 30.3 Å². The van der Waals surface area contributed by atoms with Gasteiger partial charge in [-0.05, 0) is 17.9 Å². The first-order valence-corrected chi connectivity index (χ1v) is 4.56. The lowest BCUT2D eigenvalue weighted by molar-refractivity contribution is 0.350. The summed E-state index contributed by atoms with van der Waals surface area (Å²) in [7, 11) is 0. The monoisotopic (exact) mass is 172 g/mol. The Morgan fingerprint density at radius 2 is 2.08 bits per heavy atom. The lowest BCUT2D eigenvalue weighted by Crippen LogP contribution is -1.80. The Morgan fingerprint density at radius 3 is 2.77 bits per heavy atom. The molecule has 13 heavy (non-hydrogen) atoms. The van der Waals surface area contributed by atoms with E-state index in [4.69, 9.17) is 5.11 Å². The highest BCUT2D eigenvalue weighted by Gasteiger charge is 2.36. The zero-order valence-corrected chi connectivity index (χ0v) is 7.40. The highest BCUT2D eigenvalue weighted by atomic mass is 16.2. The third kappa shape index (κ3) is 1.91. The van der Waals surface area contributed by atoms with Crippen LogP contribution in [0.5, 0.6) is 0 Å². The molecule has 0 bridgehead atoms. The largest absolute Gasteiger partial charge is 0.384 e. The first-order chi connectivity index (χ1) is 6.42. The molecule has 0 amide bonds. The van der Waals surface area contributed by atoms with E-state index in [2.05, 4.69) is 36.1 Å². The topological polar surface area (TPSA) is 20.2 Å². The molecule has 66 valence electrons. The summed E-state index contributed by atoms with van der Waals surface area (Å²) in [5.74, 6) is 6.86. The molecule has 0 aromatic heterocycles. The summed E-state index contributed by atoms with van der Waals surface area (Å²) in [6.07, 6.45) is 1.15. The van der Waals surface area contributed by atoms with Gasteiger partial charge < -0.3 is 5.11 Å². The minimum Gasteiger partial charge on any atom is -0.384 e. The average molecular weight is 172 g/mol. The molecule has 1 heteroatoms. The molecular weight excluding hydrogens is 160 g/mol. The highest BCUT2D eigenvalue weighted by molar-refractivity contribution is 5.30. The molecule has 1 fully saturated rings. The van der Waals surface area contributed by atoms with Gasteiger partial charge in [-0.3, -0.25) is 0 Å². The summed E-state index contributed by atoms with van der Waals surface area (Å²) >= 11 is 0. The van der Waals surface area contributed by atoms with E-state index in [1.165, 1.54) is 5.56 Å². The number of hydrogen-bond donors (Lipinski definition) is 1. The van der Waals surface area contributed by atoms with Crippen molar-refractivity contribution in [2.24, 2.45) is 5.92 Å². The molecule has 1 aliphatic carbocycles. The Bertz CT molecular complexity index is 331. The lowest BCUT2D eigenvalue weighted by atomic mass is 10.1. The number of rotatable bonds is 1. The van der Waals surface area contributed by atoms with Gasteiger partial charge in [-0.2, -0.15) is 0 Å². The van der Waals surface area contributed by atoms with Gasteiger partial charge >= 0.3 is 0 Å². The number of aliphatic hydroxyl groups excluding tert-OH is 1. The van der Waals surface area contributed by atoms with Gasteiger partial charge in [-0.15, -0.1) is 0 Å². The molecule has 1 N–H and O–H groups in total. The van der Waals surface area contributed by atoms with Gasteiger partial charge in [0.15, 0.2) is 0 Å². The smallest absolute Gasteiger partial charge is 0.104 e. The Hall–Kier alpha value is -1.26. The average Bonchev–Trinajstić information content (AvgIpc) is 2.95. The summed E-state index contributed by atoms with van der Waals surface area (Å²) in [5, 5.41) is 8.53. The zero-order valence-electron chi connectivity index (χ0n) is 7.40. The van der Waals surface area contributed by atoms with E-state index in [9.17, 15) is 0 Å². The Kier molecular flexibility index (Phi) is 2.33. The molecule has 0 spiro atoms. The molecule has 0 saturated heterocycles. The van der Waals surface area contributed by atoms with Gasteiger partial charge in [-0.25, -0.2) is 0 Å². The summed E-state index contributed by atoms with van der Waals surface area (Å²) < 4.78 is 0. The second kappa shape index (κ2) is 3.64. The van der Waals surface area contributed by atoms with Crippen LogP contribution in [-0.4, -0.2) is 11.7 Å². The van der Waals surface area contributed by atoms with Crippen molar-refractivity contribution < 1.29 is 5.11 Å². The van der Waals surface area contributed by atoms with Crippen molar-refractivity contribution in [1.82, 2.24) is 0 Å². The molecular formula is C12H12O. The van der Waals surface area contributed by atoms with Gasteiger partial charge in [0.2, 0.25) is 0 Å². The number of aliphatic hydroxyl groups is 1. The van der Waals surface area contributed by atoms with Crippen molar-refractivity contribution in [3.63, 3.8) is 0 Å². The summed E-state index contributed by atoms with van der Waals surface area (Å²) in [6.45, 7) is -0.0159. The Balaban J connectivity index is 2.01. The summed E-state index contributed by atoms with van der Waals surface area (Å²) in [4.78, 5) is 0. The van der Waals surface area contributed by atoms with Crippen molar-refractivity contribution >= 4 is 0 Å². The first kappa shape index (κ1) is 8.34. The molecule has 1 aromatic rings. The van der Waals surface area contributed by atoms with Crippen LogP contribution in [0.3, 0.4) is 0 Å². The normalized spacial score (nSPS) is 24.7. The van der Waals surface area contributed by atoms with E-state index in [0.29, 0.717) is 11.8 Å². The van der Waals surface area contributed by atoms with E-state index in [0.717, 1.165) is 6.42 Å². The maximum Gasteiger partial charge on any atom is 0.104 e. The van der Waals surface area contributed by atoms with E-state index in [-0.39, 0.29) is 6.61 Å². The molecule has 1 aliphatic rings. The number of benzene rings is 1. The van der Waals surface area contributed by atoms with Gasteiger partial charge in [0, 0.05) is 5.92 Å². The standard InChI is InChI=1S/C12H12O/c13-8-4-7-11-9-12(11)10-5-2-1-3-6-10/h1-3,5-6,11-13H,8-9H2. The van der Waals surface area contributed by atoms with E-state index < -0.39 is 0 Å². The fraction of sp³-hybridized carbons (Fsp3) is 0.333. The number of hydrogen-bond acceptors (Lipinski definition) is 1. The summed E-state index contributed by atoms with van der Waals surface area (Å²) in [5.41, 5.74) is 1.37. The van der Waals surface area contributed by atoms with Crippen molar-refractivity contribution in [1.29, 1.82) is 0 Å². The third-order valence-electron chi connectivity index (χ3n) is 2.38.